The molecule has 1 amide bonds. The Kier molecular flexibility index (Phi) is 3.77. The molecule has 4 heterocycles. The zero-order chi connectivity index (χ0) is 17.4. The maximum atomic E-state index is 12.5. The number of hydrogen-bond donors (Lipinski definition) is 1. The van der Waals surface area contributed by atoms with Gasteiger partial charge in [0.15, 0.2) is 0 Å². The molecule has 126 valence electrons. The van der Waals surface area contributed by atoms with Crippen LogP contribution < -0.4 is 5.32 Å². The van der Waals surface area contributed by atoms with Gasteiger partial charge in [-0.05, 0) is 31.4 Å². The fourth-order valence-electron chi connectivity index (χ4n) is 2.55. The summed E-state index contributed by atoms with van der Waals surface area (Å²) in [4.78, 5) is 22.2. The predicted molar refractivity (Wildman–Crippen MR) is 93.9 cm³/mol. The van der Waals surface area contributed by atoms with Gasteiger partial charge in [-0.2, -0.15) is 10.1 Å². The predicted octanol–water partition coefficient (Wildman–Crippen LogP) is 2.30. The van der Waals surface area contributed by atoms with E-state index < -0.39 is 5.91 Å². The first-order valence-corrected chi connectivity index (χ1v) is 8.55. The van der Waals surface area contributed by atoms with Crippen LogP contribution in [0.3, 0.4) is 0 Å². The second-order valence-corrected chi connectivity index (χ2v) is 6.63. The molecule has 0 aliphatic rings. The smallest absolute Gasteiger partial charge is 0.296 e. The van der Waals surface area contributed by atoms with Crippen LogP contribution >= 0.6 is 11.3 Å². The minimum atomic E-state index is -0.393. The number of hydrogen-bond acceptors (Lipinski definition) is 6. The summed E-state index contributed by atoms with van der Waals surface area (Å²) in [6, 6.07) is 7.65. The summed E-state index contributed by atoms with van der Waals surface area (Å²) in [5.74, 6) is 0.688. The number of carbonyl (C=O) groups is 1. The second kappa shape index (κ2) is 6.10. The third-order valence-electron chi connectivity index (χ3n) is 3.67. The number of aryl methyl sites for hydroxylation is 2. The fraction of sp³-hybridized carbons (Fsp3) is 0.188. The largest absolute Gasteiger partial charge is 0.304 e. The Balaban J connectivity index is 1.59. The second-order valence-electron chi connectivity index (χ2n) is 5.59. The van der Waals surface area contributed by atoms with Crippen molar-refractivity contribution < 1.29 is 4.79 Å². The molecule has 0 spiro atoms. The van der Waals surface area contributed by atoms with E-state index in [9.17, 15) is 4.79 Å². The molecule has 0 radical (unpaired) electrons. The number of nitrogens with zero attached hydrogens (tertiary/aromatic N) is 6. The summed E-state index contributed by atoms with van der Waals surface area (Å²) in [6.07, 6.45) is 1.65. The van der Waals surface area contributed by atoms with Crippen LogP contribution in [0.2, 0.25) is 0 Å². The molecule has 0 bridgehead atoms. The third kappa shape index (κ3) is 3.01. The van der Waals surface area contributed by atoms with E-state index in [0.29, 0.717) is 18.1 Å². The van der Waals surface area contributed by atoms with Crippen molar-refractivity contribution in [2.45, 2.75) is 20.4 Å². The molecule has 0 aliphatic carbocycles. The van der Waals surface area contributed by atoms with Crippen LogP contribution in [-0.2, 0) is 6.54 Å². The summed E-state index contributed by atoms with van der Waals surface area (Å²) in [5.41, 5.74) is 1.70. The molecule has 8 nitrogen and oxygen atoms in total. The number of fused-ring (bicyclic) bond motifs is 1. The summed E-state index contributed by atoms with van der Waals surface area (Å²) in [5, 5.41) is 13.3. The number of thiophene rings is 1. The van der Waals surface area contributed by atoms with Crippen LogP contribution in [0.4, 0.5) is 5.82 Å². The van der Waals surface area contributed by atoms with E-state index in [0.717, 1.165) is 16.3 Å². The van der Waals surface area contributed by atoms with E-state index in [4.69, 9.17) is 0 Å². The molecule has 9 heteroatoms. The lowest BCUT2D eigenvalue weighted by Crippen LogP contribution is -2.17. The first kappa shape index (κ1) is 15.5. The Labute approximate surface area is 147 Å². The molecule has 4 aromatic rings. The molecule has 0 saturated carbocycles. The minimum absolute atomic E-state index is 0.0741. The SMILES string of the molecule is Cc1cc(C)n2nc(C(=O)Nc3ccnn3Cc3cccs3)nc2n1. The Bertz CT molecular complexity index is 1050. The van der Waals surface area contributed by atoms with Gasteiger partial charge in [-0.25, -0.2) is 14.2 Å². The molecule has 0 saturated heterocycles. The quantitative estimate of drug-likeness (QED) is 0.608. The van der Waals surface area contributed by atoms with Gasteiger partial charge in [0.25, 0.3) is 11.7 Å². The van der Waals surface area contributed by atoms with Crippen molar-refractivity contribution in [2.75, 3.05) is 5.32 Å². The van der Waals surface area contributed by atoms with Gasteiger partial charge < -0.3 is 5.32 Å². The van der Waals surface area contributed by atoms with Crippen molar-refractivity contribution in [3.8, 4) is 0 Å². The van der Waals surface area contributed by atoms with Gasteiger partial charge in [0.2, 0.25) is 5.82 Å². The van der Waals surface area contributed by atoms with Crippen molar-refractivity contribution in [3.05, 3.63) is 57.9 Å². The first-order valence-electron chi connectivity index (χ1n) is 7.67. The summed E-state index contributed by atoms with van der Waals surface area (Å²) in [6.45, 7) is 4.37. The number of aromatic nitrogens is 6. The highest BCUT2D eigenvalue weighted by atomic mass is 32.1. The molecule has 4 rings (SSSR count). The molecular weight excluding hydrogens is 338 g/mol. The Morgan fingerprint density at radius 1 is 1.28 bits per heavy atom. The van der Waals surface area contributed by atoms with Gasteiger partial charge in [0.1, 0.15) is 5.82 Å². The number of amides is 1. The van der Waals surface area contributed by atoms with Crippen molar-refractivity contribution in [2.24, 2.45) is 0 Å². The normalized spacial score (nSPS) is 11.1. The Morgan fingerprint density at radius 3 is 2.96 bits per heavy atom. The standard InChI is InChI=1S/C16H15N7OS/c1-10-8-11(2)23-16(18-10)20-14(21-23)15(24)19-13-5-6-17-22(13)9-12-4-3-7-25-12/h3-8H,9H2,1-2H3,(H,19,24). The molecule has 4 aromatic heterocycles. The summed E-state index contributed by atoms with van der Waals surface area (Å²) >= 11 is 1.64. The van der Waals surface area contributed by atoms with Crippen molar-refractivity contribution in [3.63, 3.8) is 0 Å². The molecule has 0 unspecified atom stereocenters. The van der Waals surface area contributed by atoms with Crippen LogP contribution in [0.5, 0.6) is 0 Å². The van der Waals surface area contributed by atoms with Crippen LogP contribution in [0.25, 0.3) is 5.78 Å². The van der Waals surface area contributed by atoms with Gasteiger partial charge in [-0.1, -0.05) is 6.07 Å². The van der Waals surface area contributed by atoms with Gasteiger partial charge >= 0.3 is 0 Å². The van der Waals surface area contributed by atoms with Crippen LogP contribution in [0.15, 0.2) is 35.8 Å². The summed E-state index contributed by atoms with van der Waals surface area (Å²) in [7, 11) is 0. The van der Waals surface area contributed by atoms with E-state index in [1.54, 1.807) is 32.8 Å². The van der Waals surface area contributed by atoms with Crippen LogP contribution in [0.1, 0.15) is 26.9 Å². The van der Waals surface area contributed by atoms with Gasteiger partial charge in [-0.15, -0.1) is 16.4 Å². The minimum Gasteiger partial charge on any atom is -0.304 e. The number of rotatable bonds is 4. The molecule has 0 atom stereocenters. The van der Waals surface area contributed by atoms with E-state index in [1.807, 2.05) is 37.4 Å². The zero-order valence-electron chi connectivity index (χ0n) is 13.7. The highest BCUT2D eigenvalue weighted by molar-refractivity contribution is 7.09. The van der Waals surface area contributed by atoms with Gasteiger partial charge in [0.05, 0.1) is 12.7 Å². The lowest BCUT2D eigenvalue weighted by Gasteiger charge is -2.06. The highest BCUT2D eigenvalue weighted by Gasteiger charge is 2.17. The van der Waals surface area contributed by atoms with E-state index >= 15 is 0 Å². The molecule has 0 aliphatic heterocycles. The maximum absolute atomic E-state index is 12.5. The van der Waals surface area contributed by atoms with E-state index in [-0.39, 0.29) is 5.82 Å². The Morgan fingerprint density at radius 2 is 2.16 bits per heavy atom. The molecule has 0 fully saturated rings. The van der Waals surface area contributed by atoms with Gasteiger partial charge in [0, 0.05) is 22.3 Å². The maximum Gasteiger partial charge on any atom is 0.296 e. The monoisotopic (exact) mass is 353 g/mol. The lowest BCUT2D eigenvalue weighted by atomic mass is 10.4. The van der Waals surface area contributed by atoms with Crippen molar-refractivity contribution in [1.82, 2.24) is 29.4 Å². The number of carbonyl (C=O) groups excluding carboxylic acids is 1. The number of nitrogens with one attached hydrogen (secondary N) is 1. The Hall–Kier alpha value is -3.07. The fourth-order valence-corrected chi connectivity index (χ4v) is 3.24. The first-order chi connectivity index (χ1) is 12.1. The van der Waals surface area contributed by atoms with E-state index in [1.165, 1.54) is 0 Å². The third-order valence-corrected chi connectivity index (χ3v) is 4.53. The van der Waals surface area contributed by atoms with Crippen molar-refractivity contribution in [1.29, 1.82) is 0 Å². The zero-order valence-corrected chi connectivity index (χ0v) is 14.5. The highest BCUT2D eigenvalue weighted by Crippen LogP contribution is 2.15. The van der Waals surface area contributed by atoms with Crippen LogP contribution in [-0.4, -0.2) is 35.3 Å². The molecular formula is C16H15N7OS. The van der Waals surface area contributed by atoms with E-state index in [2.05, 4.69) is 25.5 Å². The molecule has 0 aromatic carbocycles. The topological polar surface area (TPSA) is 90.0 Å². The average molecular weight is 353 g/mol. The summed E-state index contributed by atoms with van der Waals surface area (Å²) < 4.78 is 3.29. The molecule has 25 heavy (non-hydrogen) atoms. The molecule has 1 N–H and O–H groups in total. The number of anilines is 1. The van der Waals surface area contributed by atoms with Crippen LogP contribution in [0, 0.1) is 13.8 Å². The lowest BCUT2D eigenvalue weighted by molar-refractivity contribution is 0.101. The van der Waals surface area contributed by atoms with Crippen molar-refractivity contribution >= 4 is 28.8 Å². The average Bonchev–Trinajstić information content (AvgIpc) is 3.29. The van der Waals surface area contributed by atoms with Gasteiger partial charge in [-0.3, -0.25) is 4.79 Å².